The zero-order valence-corrected chi connectivity index (χ0v) is 10.2. The molecule has 0 aliphatic carbocycles. The molecule has 0 bridgehead atoms. The molecule has 0 unspecified atom stereocenters. The molecule has 0 radical (unpaired) electrons. The number of halogens is 2. The Balaban J connectivity index is 2.34. The van der Waals surface area contributed by atoms with Crippen LogP contribution in [0.5, 0.6) is 0 Å². The molecule has 2 aromatic carbocycles. The predicted octanol–water partition coefficient (Wildman–Crippen LogP) is 3.77. The second-order valence-electron chi connectivity index (χ2n) is 3.95. The van der Waals surface area contributed by atoms with Crippen molar-refractivity contribution in [3.63, 3.8) is 0 Å². The average molecular weight is 248 g/mol. The van der Waals surface area contributed by atoms with Gasteiger partial charge in [0.2, 0.25) is 0 Å². The summed E-state index contributed by atoms with van der Waals surface area (Å²) in [5, 5.41) is 3.00. The van der Waals surface area contributed by atoms with Gasteiger partial charge >= 0.3 is 0 Å². The van der Waals surface area contributed by atoms with Crippen molar-refractivity contribution in [2.24, 2.45) is 0 Å². The lowest BCUT2D eigenvalue weighted by molar-refractivity contribution is 0.600. The summed E-state index contributed by atoms with van der Waals surface area (Å²) < 4.78 is 26.8. The van der Waals surface area contributed by atoms with Gasteiger partial charge in [-0.2, -0.15) is 0 Å². The molecule has 0 aliphatic rings. The van der Waals surface area contributed by atoms with E-state index in [1.165, 1.54) is 6.07 Å². The smallest absolute Gasteiger partial charge is 0.147 e. The van der Waals surface area contributed by atoms with Gasteiger partial charge in [0.1, 0.15) is 11.6 Å². The Kier molecular flexibility index (Phi) is 3.46. The van der Waals surface area contributed by atoms with Crippen molar-refractivity contribution in [1.29, 1.82) is 0 Å². The number of hydrogen-bond donors (Lipinski definition) is 1. The summed E-state index contributed by atoms with van der Waals surface area (Å²) in [5.74, 6) is -0.901. The predicted molar refractivity (Wildman–Crippen MR) is 70.4 cm³/mol. The Bertz CT molecular complexity index is 538. The van der Waals surface area contributed by atoms with Crippen molar-refractivity contribution < 1.29 is 8.78 Å². The summed E-state index contributed by atoms with van der Waals surface area (Å²) in [6.45, 7) is 0. The van der Waals surface area contributed by atoms with Crippen molar-refractivity contribution >= 4 is 17.1 Å². The molecule has 2 aromatic rings. The number of hydrogen-bond acceptors (Lipinski definition) is 2. The van der Waals surface area contributed by atoms with Crippen LogP contribution in [0.1, 0.15) is 0 Å². The van der Waals surface area contributed by atoms with E-state index in [9.17, 15) is 8.78 Å². The minimum atomic E-state index is -0.454. The van der Waals surface area contributed by atoms with Crippen LogP contribution in [0.15, 0.2) is 42.5 Å². The zero-order valence-electron chi connectivity index (χ0n) is 10.2. The van der Waals surface area contributed by atoms with E-state index in [-0.39, 0.29) is 5.69 Å². The van der Waals surface area contributed by atoms with Crippen molar-refractivity contribution in [1.82, 2.24) is 0 Å². The Labute approximate surface area is 105 Å². The topological polar surface area (TPSA) is 15.3 Å². The van der Waals surface area contributed by atoms with E-state index in [1.807, 2.05) is 31.3 Å². The molecule has 94 valence electrons. The van der Waals surface area contributed by atoms with Gasteiger partial charge in [-0.25, -0.2) is 8.78 Å². The number of nitrogens with one attached hydrogen (secondary N) is 1. The Morgan fingerprint density at radius 2 is 1.67 bits per heavy atom. The number of anilines is 3. The zero-order chi connectivity index (χ0) is 13.1. The molecule has 0 saturated heterocycles. The first kappa shape index (κ1) is 12.4. The maximum absolute atomic E-state index is 13.6. The van der Waals surface area contributed by atoms with Gasteiger partial charge in [0.25, 0.3) is 0 Å². The highest BCUT2D eigenvalue weighted by Gasteiger charge is 2.10. The summed E-state index contributed by atoms with van der Waals surface area (Å²) in [7, 11) is 3.52. The van der Waals surface area contributed by atoms with E-state index in [1.54, 1.807) is 11.9 Å². The highest BCUT2D eigenvalue weighted by molar-refractivity contribution is 5.65. The van der Waals surface area contributed by atoms with E-state index < -0.39 is 11.6 Å². The molecule has 0 heterocycles. The quantitative estimate of drug-likeness (QED) is 0.889. The SMILES string of the molecule is CNc1ccc(N(C)c2cc(F)ccc2F)cc1. The van der Waals surface area contributed by atoms with Gasteiger partial charge in [-0.15, -0.1) is 0 Å². The van der Waals surface area contributed by atoms with Crippen LogP contribution in [0.4, 0.5) is 25.8 Å². The largest absolute Gasteiger partial charge is 0.388 e. The highest BCUT2D eigenvalue weighted by atomic mass is 19.1. The van der Waals surface area contributed by atoms with Crippen LogP contribution in [0.25, 0.3) is 0 Å². The van der Waals surface area contributed by atoms with Crippen LogP contribution in [0.2, 0.25) is 0 Å². The lowest BCUT2D eigenvalue weighted by atomic mass is 10.2. The summed E-state index contributed by atoms with van der Waals surface area (Å²) in [6, 6.07) is 10.9. The van der Waals surface area contributed by atoms with E-state index in [0.29, 0.717) is 0 Å². The standard InChI is InChI=1S/C14H14F2N2/c1-17-11-4-6-12(7-5-11)18(2)14-9-10(15)3-8-13(14)16/h3-9,17H,1-2H3. The van der Waals surface area contributed by atoms with Crippen LogP contribution < -0.4 is 10.2 Å². The molecular weight excluding hydrogens is 234 g/mol. The molecule has 0 aromatic heterocycles. The molecule has 18 heavy (non-hydrogen) atoms. The second kappa shape index (κ2) is 5.04. The summed E-state index contributed by atoms with van der Waals surface area (Å²) >= 11 is 0. The Morgan fingerprint density at radius 1 is 1.00 bits per heavy atom. The molecule has 0 atom stereocenters. The number of benzene rings is 2. The van der Waals surface area contributed by atoms with Crippen LogP contribution in [-0.4, -0.2) is 14.1 Å². The molecule has 0 saturated carbocycles. The van der Waals surface area contributed by atoms with Gasteiger partial charge in [0, 0.05) is 31.5 Å². The molecule has 2 nitrogen and oxygen atoms in total. The van der Waals surface area contributed by atoms with E-state index in [4.69, 9.17) is 0 Å². The van der Waals surface area contributed by atoms with Gasteiger partial charge < -0.3 is 10.2 Å². The molecular formula is C14H14F2N2. The van der Waals surface area contributed by atoms with E-state index >= 15 is 0 Å². The first-order chi connectivity index (χ1) is 8.61. The summed E-state index contributed by atoms with van der Waals surface area (Å²) in [4.78, 5) is 1.61. The number of rotatable bonds is 3. The van der Waals surface area contributed by atoms with Gasteiger partial charge in [-0.05, 0) is 36.4 Å². The minimum absolute atomic E-state index is 0.215. The van der Waals surface area contributed by atoms with Crippen LogP contribution >= 0.6 is 0 Å². The van der Waals surface area contributed by atoms with Gasteiger partial charge in [0.15, 0.2) is 0 Å². The van der Waals surface area contributed by atoms with Gasteiger partial charge in [-0.1, -0.05) is 0 Å². The van der Waals surface area contributed by atoms with Gasteiger partial charge in [-0.3, -0.25) is 0 Å². The highest BCUT2D eigenvalue weighted by Crippen LogP contribution is 2.27. The minimum Gasteiger partial charge on any atom is -0.388 e. The fourth-order valence-electron chi connectivity index (χ4n) is 1.73. The van der Waals surface area contributed by atoms with Crippen molar-refractivity contribution in [3.05, 3.63) is 54.1 Å². The fourth-order valence-corrected chi connectivity index (χ4v) is 1.73. The monoisotopic (exact) mass is 248 g/mol. The average Bonchev–Trinajstić information content (AvgIpc) is 2.41. The third kappa shape index (κ3) is 2.42. The maximum Gasteiger partial charge on any atom is 0.147 e. The molecule has 2 rings (SSSR count). The lowest BCUT2D eigenvalue weighted by Gasteiger charge is -2.20. The fraction of sp³-hybridized carbons (Fsp3) is 0.143. The molecule has 0 fully saturated rings. The molecule has 4 heteroatoms. The van der Waals surface area contributed by atoms with Crippen molar-refractivity contribution in [2.75, 3.05) is 24.3 Å². The summed E-state index contributed by atoms with van der Waals surface area (Å²) in [5.41, 5.74) is 1.97. The Hall–Kier alpha value is -2.10. The molecule has 0 amide bonds. The lowest BCUT2D eigenvalue weighted by Crippen LogP contribution is -2.11. The second-order valence-corrected chi connectivity index (χ2v) is 3.95. The third-order valence-electron chi connectivity index (χ3n) is 2.81. The van der Waals surface area contributed by atoms with Gasteiger partial charge in [0.05, 0.1) is 5.69 Å². The number of nitrogens with zero attached hydrogens (tertiary/aromatic N) is 1. The summed E-state index contributed by atoms with van der Waals surface area (Å²) in [6.07, 6.45) is 0. The van der Waals surface area contributed by atoms with E-state index in [2.05, 4.69) is 5.32 Å². The molecule has 0 spiro atoms. The van der Waals surface area contributed by atoms with Crippen molar-refractivity contribution in [3.8, 4) is 0 Å². The first-order valence-corrected chi connectivity index (χ1v) is 5.58. The van der Waals surface area contributed by atoms with Crippen molar-refractivity contribution in [2.45, 2.75) is 0 Å². The van der Waals surface area contributed by atoms with Crippen LogP contribution in [0, 0.1) is 11.6 Å². The Morgan fingerprint density at radius 3 is 2.28 bits per heavy atom. The van der Waals surface area contributed by atoms with E-state index in [0.717, 1.165) is 23.5 Å². The normalized spacial score (nSPS) is 10.2. The van der Waals surface area contributed by atoms with Crippen LogP contribution in [-0.2, 0) is 0 Å². The molecule has 1 N–H and O–H groups in total. The maximum atomic E-state index is 13.6. The first-order valence-electron chi connectivity index (χ1n) is 5.58. The molecule has 0 aliphatic heterocycles. The third-order valence-corrected chi connectivity index (χ3v) is 2.81. The van der Waals surface area contributed by atoms with Crippen LogP contribution in [0.3, 0.4) is 0 Å².